The van der Waals surface area contributed by atoms with Gasteiger partial charge in [0.1, 0.15) is 0 Å². The summed E-state index contributed by atoms with van der Waals surface area (Å²) in [6.07, 6.45) is 0.257. The van der Waals surface area contributed by atoms with Crippen LogP contribution in [-0.2, 0) is 20.8 Å². The van der Waals surface area contributed by atoms with Crippen molar-refractivity contribution >= 4 is 29.2 Å². The van der Waals surface area contributed by atoms with Crippen molar-refractivity contribution in [1.29, 1.82) is 0 Å². The van der Waals surface area contributed by atoms with Gasteiger partial charge in [-0.15, -0.1) is 0 Å². The highest BCUT2D eigenvalue weighted by atomic mass is 16.4. The van der Waals surface area contributed by atoms with Crippen LogP contribution in [0.2, 0.25) is 0 Å². The van der Waals surface area contributed by atoms with Crippen molar-refractivity contribution in [2.45, 2.75) is 12.5 Å². The number of benzene rings is 1. The summed E-state index contributed by atoms with van der Waals surface area (Å²) in [6, 6.07) is 3.62. The quantitative estimate of drug-likeness (QED) is 0.562. The van der Waals surface area contributed by atoms with Crippen LogP contribution in [0.5, 0.6) is 0 Å². The molecule has 19 heavy (non-hydrogen) atoms. The maximum atomic E-state index is 11.7. The summed E-state index contributed by atoms with van der Waals surface area (Å²) in [4.78, 5) is 33.7. The molecule has 0 spiro atoms. The van der Waals surface area contributed by atoms with E-state index in [1.165, 1.54) is 7.05 Å². The molecule has 0 saturated carbocycles. The van der Waals surface area contributed by atoms with Crippen LogP contribution >= 0.6 is 0 Å². The van der Waals surface area contributed by atoms with E-state index in [9.17, 15) is 14.4 Å². The largest absolute Gasteiger partial charge is 0.480 e. The number of carbonyl (C=O) groups excluding carboxylic acids is 2. The molecule has 1 atom stereocenters. The second kappa shape index (κ2) is 5.07. The Bertz CT molecular complexity index is 556. The predicted octanol–water partition coefficient (Wildman–Crippen LogP) is -0.208. The van der Waals surface area contributed by atoms with Crippen molar-refractivity contribution < 1.29 is 19.5 Å². The highest BCUT2D eigenvalue weighted by Crippen LogP contribution is 2.25. The Labute approximate surface area is 109 Å². The summed E-state index contributed by atoms with van der Waals surface area (Å²) in [5.41, 5.74) is 1.95. The molecule has 100 valence electrons. The summed E-state index contributed by atoms with van der Waals surface area (Å²) < 4.78 is 0. The summed E-state index contributed by atoms with van der Waals surface area (Å²) in [5.74, 6) is -2.01. The molecule has 0 aromatic heterocycles. The minimum atomic E-state index is -1.31. The molecule has 7 heteroatoms. The number of carboxylic acids is 1. The second-order valence-corrected chi connectivity index (χ2v) is 4.15. The Morgan fingerprint density at radius 3 is 2.79 bits per heavy atom. The van der Waals surface area contributed by atoms with Crippen molar-refractivity contribution in [1.82, 2.24) is 5.32 Å². The molecule has 2 rings (SSSR count). The monoisotopic (exact) mass is 263 g/mol. The number of carboxylic acid groups (broad SMARTS) is 1. The van der Waals surface area contributed by atoms with Crippen LogP contribution in [0.4, 0.5) is 11.4 Å². The SMILES string of the molecule is CNC(C(=O)O)C(=O)Nc1ccc2c(c1)CC(=O)N2. The van der Waals surface area contributed by atoms with Crippen molar-refractivity contribution in [2.24, 2.45) is 0 Å². The molecular weight excluding hydrogens is 250 g/mol. The molecule has 1 aliphatic rings. The summed E-state index contributed by atoms with van der Waals surface area (Å²) in [5, 5.41) is 16.4. The minimum absolute atomic E-state index is 0.0999. The standard InChI is InChI=1S/C12H13N3O4/c1-13-10(12(18)19)11(17)14-7-2-3-8-6(4-7)5-9(16)15-8/h2-4,10,13H,5H2,1H3,(H,14,17)(H,15,16)(H,18,19). The lowest BCUT2D eigenvalue weighted by molar-refractivity contribution is -0.142. The molecule has 1 aromatic rings. The van der Waals surface area contributed by atoms with Gasteiger partial charge in [0, 0.05) is 11.4 Å². The number of likely N-dealkylation sites (N-methyl/N-ethyl adjacent to an activating group) is 1. The van der Waals surface area contributed by atoms with Gasteiger partial charge in [0.15, 0.2) is 6.04 Å². The van der Waals surface area contributed by atoms with Crippen LogP contribution in [0.15, 0.2) is 18.2 Å². The molecule has 1 unspecified atom stereocenters. The third-order valence-electron chi connectivity index (χ3n) is 2.80. The van der Waals surface area contributed by atoms with E-state index in [0.717, 1.165) is 5.56 Å². The van der Waals surface area contributed by atoms with E-state index < -0.39 is 17.9 Å². The van der Waals surface area contributed by atoms with Crippen LogP contribution in [0.3, 0.4) is 0 Å². The van der Waals surface area contributed by atoms with Gasteiger partial charge < -0.3 is 15.7 Å². The molecule has 0 bridgehead atoms. The van der Waals surface area contributed by atoms with E-state index >= 15 is 0 Å². The lowest BCUT2D eigenvalue weighted by Gasteiger charge is -2.12. The first-order valence-electron chi connectivity index (χ1n) is 5.65. The maximum Gasteiger partial charge on any atom is 0.330 e. The molecule has 1 heterocycles. The summed E-state index contributed by atoms with van der Waals surface area (Å²) in [6.45, 7) is 0. The fraction of sp³-hybridized carbons (Fsp3) is 0.250. The average Bonchev–Trinajstić information content (AvgIpc) is 2.68. The van der Waals surface area contributed by atoms with Crippen molar-refractivity contribution in [3.8, 4) is 0 Å². The van der Waals surface area contributed by atoms with Crippen molar-refractivity contribution in [3.05, 3.63) is 23.8 Å². The number of nitrogens with one attached hydrogen (secondary N) is 3. The van der Waals surface area contributed by atoms with E-state index in [2.05, 4.69) is 16.0 Å². The van der Waals surface area contributed by atoms with Crippen LogP contribution < -0.4 is 16.0 Å². The van der Waals surface area contributed by atoms with E-state index in [0.29, 0.717) is 11.4 Å². The van der Waals surface area contributed by atoms with Gasteiger partial charge in [-0.3, -0.25) is 14.9 Å². The number of hydrogen-bond acceptors (Lipinski definition) is 4. The maximum absolute atomic E-state index is 11.7. The lowest BCUT2D eigenvalue weighted by Crippen LogP contribution is -2.44. The first-order valence-corrected chi connectivity index (χ1v) is 5.65. The lowest BCUT2D eigenvalue weighted by atomic mass is 10.1. The van der Waals surface area contributed by atoms with Crippen LogP contribution in [0.1, 0.15) is 5.56 Å². The zero-order valence-corrected chi connectivity index (χ0v) is 10.2. The van der Waals surface area contributed by atoms with Crippen LogP contribution in [0, 0.1) is 0 Å². The summed E-state index contributed by atoms with van der Waals surface area (Å²) >= 11 is 0. The zero-order chi connectivity index (χ0) is 14.0. The van der Waals surface area contributed by atoms with Gasteiger partial charge in [-0.2, -0.15) is 0 Å². The van der Waals surface area contributed by atoms with E-state index in [-0.39, 0.29) is 12.3 Å². The summed E-state index contributed by atoms with van der Waals surface area (Å²) in [7, 11) is 1.39. The molecule has 4 N–H and O–H groups in total. The normalized spacial score (nSPS) is 14.5. The smallest absolute Gasteiger partial charge is 0.330 e. The molecular formula is C12H13N3O4. The van der Waals surface area contributed by atoms with Gasteiger partial charge in [0.2, 0.25) is 5.91 Å². The van der Waals surface area contributed by atoms with Crippen molar-refractivity contribution in [2.75, 3.05) is 17.7 Å². The van der Waals surface area contributed by atoms with Gasteiger partial charge in [-0.05, 0) is 30.8 Å². The number of fused-ring (bicyclic) bond motifs is 1. The fourth-order valence-corrected chi connectivity index (χ4v) is 1.89. The van der Waals surface area contributed by atoms with E-state index in [1.807, 2.05) is 0 Å². The molecule has 1 aliphatic heterocycles. The highest BCUT2D eigenvalue weighted by molar-refractivity contribution is 6.08. The van der Waals surface area contributed by atoms with Gasteiger partial charge >= 0.3 is 5.97 Å². The molecule has 0 radical (unpaired) electrons. The fourth-order valence-electron chi connectivity index (χ4n) is 1.89. The molecule has 2 amide bonds. The molecule has 0 fully saturated rings. The van der Waals surface area contributed by atoms with Gasteiger partial charge in [-0.1, -0.05) is 0 Å². The first-order chi connectivity index (χ1) is 9.01. The Morgan fingerprint density at radius 1 is 1.42 bits per heavy atom. The van der Waals surface area contributed by atoms with Gasteiger partial charge in [-0.25, -0.2) is 4.79 Å². The Balaban J connectivity index is 2.12. The van der Waals surface area contributed by atoms with Gasteiger partial charge in [0.25, 0.3) is 5.91 Å². The Kier molecular flexibility index (Phi) is 3.48. The minimum Gasteiger partial charge on any atom is -0.480 e. The molecule has 7 nitrogen and oxygen atoms in total. The first kappa shape index (κ1) is 13.0. The number of aliphatic carboxylic acids is 1. The van der Waals surface area contributed by atoms with E-state index in [1.54, 1.807) is 18.2 Å². The van der Waals surface area contributed by atoms with E-state index in [4.69, 9.17) is 5.11 Å². The van der Waals surface area contributed by atoms with Gasteiger partial charge in [0.05, 0.1) is 6.42 Å². The third kappa shape index (κ3) is 2.71. The topological polar surface area (TPSA) is 108 Å². The Morgan fingerprint density at radius 2 is 2.16 bits per heavy atom. The predicted molar refractivity (Wildman–Crippen MR) is 67.9 cm³/mol. The molecule has 0 saturated heterocycles. The molecule has 0 aliphatic carbocycles. The van der Waals surface area contributed by atoms with Crippen LogP contribution in [-0.4, -0.2) is 36.0 Å². The zero-order valence-electron chi connectivity index (χ0n) is 10.2. The van der Waals surface area contributed by atoms with Crippen molar-refractivity contribution in [3.63, 3.8) is 0 Å². The highest BCUT2D eigenvalue weighted by Gasteiger charge is 2.25. The number of anilines is 2. The molecule has 1 aromatic carbocycles. The number of rotatable bonds is 4. The number of amides is 2. The third-order valence-corrected chi connectivity index (χ3v) is 2.80. The second-order valence-electron chi connectivity index (χ2n) is 4.15. The number of hydrogen-bond donors (Lipinski definition) is 4. The number of carbonyl (C=O) groups is 3. The average molecular weight is 263 g/mol. The Hall–Kier alpha value is -2.41. The van der Waals surface area contributed by atoms with Crippen LogP contribution in [0.25, 0.3) is 0 Å².